The van der Waals surface area contributed by atoms with E-state index in [2.05, 4.69) is 26.8 Å². The fourth-order valence-electron chi connectivity index (χ4n) is 3.88. The van der Waals surface area contributed by atoms with Crippen LogP contribution in [0.3, 0.4) is 0 Å². The molecule has 4 rings (SSSR count). The molecule has 0 amide bonds. The molecule has 0 saturated carbocycles. The van der Waals surface area contributed by atoms with Crippen molar-refractivity contribution in [1.82, 2.24) is 15.0 Å². The van der Waals surface area contributed by atoms with E-state index in [1.165, 1.54) is 5.56 Å². The zero-order valence-electron chi connectivity index (χ0n) is 14.0. The Hall–Kier alpha value is -2.15. The average molecular weight is 330 g/mol. The normalized spacial score (nSPS) is 22.1. The third kappa shape index (κ3) is 2.18. The number of anilines is 1. The van der Waals surface area contributed by atoms with Crippen LogP contribution in [0.25, 0.3) is 11.0 Å². The summed E-state index contributed by atoms with van der Waals surface area (Å²) in [6.07, 6.45) is 4.48. The Morgan fingerprint density at radius 2 is 2.29 bits per heavy atom. The Morgan fingerprint density at radius 1 is 1.46 bits per heavy atom. The highest BCUT2D eigenvalue weighted by atomic mass is 16.5. The number of nitrogens with one attached hydrogen (secondary N) is 1. The van der Waals surface area contributed by atoms with Gasteiger partial charge in [0.15, 0.2) is 0 Å². The highest BCUT2D eigenvalue weighted by Crippen LogP contribution is 2.45. The number of nitrogens with zero attached hydrogens (tertiary/aromatic N) is 3. The first-order valence-corrected chi connectivity index (χ1v) is 8.49. The van der Waals surface area contributed by atoms with Crippen molar-refractivity contribution in [3.8, 4) is 0 Å². The Kier molecular flexibility index (Phi) is 3.68. The lowest BCUT2D eigenvalue weighted by atomic mass is 9.76. The van der Waals surface area contributed by atoms with Crippen LogP contribution < -0.4 is 4.90 Å². The maximum absolute atomic E-state index is 12.4. The first-order valence-electron chi connectivity index (χ1n) is 8.49. The number of aromatic amines is 1. The van der Waals surface area contributed by atoms with Crippen molar-refractivity contribution in [3.05, 3.63) is 18.1 Å². The summed E-state index contributed by atoms with van der Waals surface area (Å²) < 4.78 is 10.7. The van der Waals surface area contributed by atoms with Gasteiger partial charge >= 0.3 is 5.97 Å². The summed E-state index contributed by atoms with van der Waals surface area (Å²) in [5.74, 6) is 0.606. The van der Waals surface area contributed by atoms with E-state index in [0.29, 0.717) is 26.4 Å². The van der Waals surface area contributed by atoms with E-state index in [1.807, 2.05) is 13.1 Å². The van der Waals surface area contributed by atoms with Gasteiger partial charge in [0.25, 0.3) is 0 Å². The largest absolute Gasteiger partial charge is 0.466 e. The van der Waals surface area contributed by atoms with Crippen LogP contribution in [0.15, 0.2) is 12.5 Å². The molecule has 0 radical (unpaired) electrons. The van der Waals surface area contributed by atoms with Crippen LogP contribution in [0.5, 0.6) is 0 Å². The summed E-state index contributed by atoms with van der Waals surface area (Å²) >= 11 is 0. The van der Waals surface area contributed by atoms with Gasteiger partial charge in [-0.05, 0) is 18.9 Å². The van der Waals surface area contributed by atoms with E-state index >= 15 is 0 Å². The molecule has 7 heteroatoms. The molecule has 4 heterocycles. The summed E-state index contributed by atoms with van der Waals surface area (Å²) in [4.78, 5) is 26.7. The fraction of sp³-hybridized carbons (Fsp3) is 0.588. The summed E-state index contributed by atoms with van der Waals surface area (Å²) in [5, 5.41) is 1.06. The van der Waals surface area contributed by atoms with E-state index in [1.54, 1.807) is 6.33 Å². The van der Waals surface area contributed by atoms with Gasteiger partial charge < -0.3 is 19.4 Å². The summed E-state index contributed by atoms with van der Waals surface area (Å²) in [6, 6.07) is 0. The van der Waals surface area contributed by atoms with Crippen molar-refractivity contribution in [1.29, 1.82) is 0 Å². The third-order valence-electron chi connectivity index (χ3n) is 5.21. The Labute approximate surface area is 140 Å². The summed E-state index contributed by atoms with van der Waals surface area (Å²) in [5.41, 5.74) is 1.89. The second-order valence-corrected chi connectivity index (χ2v) is 6.63. The number of H-pyrrole nitrogens is 1. The molecule has 1 unspecified atom stereocenters. The maximum Gasteiger partial charge on any atom is 0.311 e. The lowest BCUT2D eigenvalue weighted by Gasteiger charge is -2.40. The van der Waals surface area contributed by atoms with E-state index < -0.39 is 0 Å². The minimum atomic E-state index is -0.166. The van der Waals surface area contributed by atoms with Crippen molar-refractivity contribution in [2.24, 2.45) is 11.3 Å². The molecule has 1 spiro atoms. The molecule has 2 aliphatic heterocycles. The number of aromatic nitrogens is 3. The molecule has 0 aliphatic carbocycles. The lowest BCUT2D eigenvalue weighted by molar-refractivity contribution is -0.169. The second-order valence-electron chi connectivity index (χ2n) is 6.63. The smallest absolute Gasteiger partial charge is 0.311 e. The number of aryl methyl sites for hydroxylation is 1. The predicted octanol–water partition coefficient (Wildman–Crippen LogP) is 1.54. The minimum absolute atomic E-state index is 0.126. The fourth-order valence-corrected chi connectivity index (χ4v) is 3.88. The maximum atomic E-state index is 12.4. The topological polar surface area (TPSA) is 80.3 Å². The first-order chi connectivity index (χ1) is 11.7. The van der Waals surface area contributed by atoms with Crippen molar-refractivity contribution in [2.75, 3.05) is 37.8 Å². The van der Waals surface area contributed by atoms with Gasteiger partial charge in [-0.25, -0.2) is 9.97 Å². The molecule has 2 aromatic heterocycles. The van der Waals surface area contributed by atoms with Crippen molar-refractivity contribution in [3.63, 3.8) is 0 Å². The zero-order valence-corrected chi connectivity index (χ0v) is 14.0. The van der Waals surface area contributed by atoms with Crippen LogP contribution in [0.1, 0.15) is 19.4 Å². The Morgan fingerprint density at radius 3 is 2.96 bits per heavy atom. The van der Waals surface area contributed by atoms with Crippen LogP contribution in [-0.4, -0.2) is 53.8 Å². The molecule has 2 aliphatic rings. The van der Waals surface area contributed by atoms with E-state index in [4.69, 9.17) is 9.47 Å². The van der Waals surface area contributed by atoms with Gasteiger partial charge in [0.05, 0.1) is 31.1 Å². The SMILES string of the molecule is CCOC(=O)C1CN(c2ncnc3[nH]cc(CC)c23)CC12COC2. The monoisotopic (exact) mass is 330 g/mol. The predicted molar refractivity (Wildman–Crippen MR) is 88.9 cm³/mol. The van der Waals surface area contributed by atoms with Gasteiger partial charge in [-0.1, -0.05) is 6.92 Å². The second kappa shape index (κ2) is 5.73. The third-order valence-corrected chi connectivity index (χ3v) is 5.21. The lowest BCUT2D eigenvalue weighted by Crippen LogP contribution is -2.51. The number of esters is 1. The summed E-state index contributed by atoms with van der Waals surface area (Å²) in [6.45, 7) is 6.95. The molecule has 0 bridgehead atoms. The summed E-state index contributed by atoms with van der Waals surface area (Å²) in [7, 11) is 0. The molecule has 1 N–H and O–H groups in total. The first kappa shape index (κ1) is 15.4. The van der Waals surface area contributed by atoms with Crippen molar-refractivity contribution >= 4 is 22.8 Å². The van der Waals surface area contributed by atoms with Gasteiger partial charge in [-0.15, -0.1) is 0 Å². The molecular weight excluding hydrogens is 308 g/mol. The minimum Gasteiger partial charge on any atom is -0.466 e. The standard InChI is InChI=1S/C17H22N4O3/c1-3-11-5-18-14-13(11)15(20-10-19-14)21-6-12(16(22)24-4-2)17(7-21)8-23-9-17/h5,10,12H,3-4,6-9H2,1-2H3,(H,18,19,20). The molecule has 1 atom stereocenters. The highest BCUT2D eigenvalue weighted by Gasteiger charge is 2.56. The Balaban J connectivity index is 1.71. The molecular formula is C17H22N4O3. The number of hydrogen-bond donors (Lipinski definition) is 1. The zero-order chi connectivity index (χ0) is 16.7. The van der Waals surface area contributed by atoms with E-state index in [-0.39, 0.29) is 17.3 Å². The van der Waals surface area contributed by atoms with Gasteiger partial charge in [-0.3, -0.25) is 4.79 Å². The number of hydrogen-bond acceptors (Lipinski definition) is 6. The molecule has 2 aromatic rings. The number of carbonyl (C=O) groups excluding carboxylic acids is 1. The van der Waals surface area contributed by atoms with Crippen LogP contribution in [0.4, 0.5) is 5.82 Å². The number of rotatable bonds is 4. The van der Waals surface area contributed by atoms with Crippen LogP contribution in [0.2, 0.25) is 0 Å². The number of fused-ring (bicyclic) bond motifs is 1. The Bertz CT molecular complexity index is 768. The van der Waals surface area contributed by atoms with Crippen molar-refractivity contribution in [2.45, 2.75) is 20.3 Å². The molecule has 7 nitrogen and oxygen atoms in total. The van der Waals surface area contributed by atoms with E-state index in [9.17, 15) is 4.79 Å². The molecule has 0 aromatic carbocycles. The number of carbonyl (C=O) groups is 1. The molecule has 2 fully saturated rings. The van der Waals surface area contributed by atoms with Gasteiger partial charge in [-0.2, -0.15) is 0 Å². The molecule has 2 saturated heterocycles. The number of ether oxygens (including phenoxy) is 2. The molecule has 128 valence electrons. The van der Waals surface area contributed by atoms with Crippen molar-refractivity contribution < 1.29 is 14.3 Å². The highest BCUT2D eigenvalue weighted by molar-refractivity contribution is 5.91. The van der Waals surface area contributed by atoms with Gasteiger partial charge in [0, 0.05) is 24.7 Å². The van der Waals surface area contributed by atoms with Crippen LogP contribution in [-0.2, 0) is 20.7 Å². The molecule has 24 heavy (non-hydrogen) atoms. The van der Waals surface area contributed by atoms with Crippen LogP contribution in [0, 0.1) is 11.3 Å². The van der Waals surface area contributed by atoms with Gasteiger partial charge in [0.1, 0.15) is 17.8 Å². The average Bonchev–Trinajstić information content (AvgIpc) is 3.16. The van der Waals surface area contributed by atoms with Crippen LogP contribution >= 0.6 is 0 Å². The van der Waals surface area contributed by atoms with E-state index in [0.717, 1.165) is 29.8 Å². The van der Waals surface area contributed by atoms with Gasteiger partial charge in [0.2, 0.25) is 0 Å². The quantitative estimate of drug-likeness (QED) is 0.857.